The van der Waals surface area contributed by atoms with E-state index in [0.717, 1.165) is 0 Å². The molecule has 2 aromatic rings. The fourth-order valence-electron chi connectivity index (χ4n) is 2.63. The molecule has 0 aliphatic rings. The number of nitrogens with one attached hydrogen (secondary N) is 1. The number of hydrogen-bond acceptors (Lipinski definition) is 8. The largest absolute Gasteiger partial charge is 0.457 e. The number of hydroxylamine groups is 1. The number of hydrogen-bond donors (Lipinski definition) is 4. The summed E-state index contributed by atoms with van der Waals surface area (Å²) in [5.41, 5.74) is 10.9. The number of benzene rings is 2. The number of para-hydroxylation sites is 1. The second-order valence-electron chi connectivity index (χ2n) is 6.52. The van der Waals surface area contributed by atoms with Crippen molar-refractivity contribution < 1.29 is 23.2 Å². The van der Waals surface area contributed by atoms with E-state index in [1.54, 1.807) is 30.5 Å². The zero-order chi connectivity index (χ0) is 23.6. The number of rotatable bonds is 10. The van der Waals surface area contributed by atoms with Gasteiger partial charge in [-0.1, -0.05) is 18.2 Å². The molecular formula is C20H24N6O5S. The smallest absolute Gasteiger partial charge is 0.289 e. The van der Waals surface area contributed by atoms with Crippen molar-refractivity contribution in [1.29, 1.82) is 5.26 Å². The molecule has 1 amide bonds. The molecule has 2 aromatic carbocycles. The third-order valence-electron chi connectivity index (χ3n) is 4.21. The monoisotopic (exact) mass is 460 g/mol. The van der Waals surface area contributed by atoms with Crippen LogP contribution in [0.5, 0.6) is 11.5 Å². The van der Waals surface area contributed by atoms with Crippen LogP contribution in [-0.2, 0) is 14.8 Å². The van der Waals surface area contributed by atoms with Gasteiger partial charge in [0, 0.05) is 0 Å². The average Bonchev–Trinajstić information content (AvgIpc) is 2.79. The Hall–Kier alpha value is -3.66. The van der Waals surface area contributed by atoms with Gasteiger partial charge in [-0.05, 0) is 62.2 Å². The Kier molecular flexibility index (Phi) is 8.96. The van der Waals surface area contributed by atoms with E-state index in [0.29, 0.717) is 30.9 Å². The van der Waals surface area contributed by atoms with E-state index in [9.17, 15) is 18.4 Å². The van der Waals surface area contributed by atoms with Crippen molar-refractivity contribution in [2.24, 2.45) is 16.5 Å². The van der Waals surface area contributed by atoms with Gasteiger partial charge in [-0.3, -0.25) is 15.3 Å². The molecule has 0 heterocycles. The van der Waals surface area contributed by atoms with E-state index in [1.807, 2.05) is 11.4 Å². The quantitative estimate of drug-likeness (QED) is 0.0770. The first-order valence-electron chi connectivity index (χ1n) is 9.59. The second-order valence-corrected chi connectivity index (χ2v) is 8.29. The second kappa shape index (κ2) is 11.7. The summed E-state index contributed by atoms with van der Waals surface area (Å²) in [5.74, 6) is -0.671. The fourth-order valence-corrected chi connectivity index (χ4v) is 3.67. The standard InChI is InChI=1S/C20H24N6O5S/c21-13-5-4-8-18(25-20(23)24-14-22)19(27)26(28)32(29,30)17-11-9-16(10-12-17)31-15-6-2-1-3-7-15/h1-3,6-7,9-12,18,28H,4-5,8,13,21H2,(H3,23,24,25)/t18-/m1/s1. The summed E-state index contributed by atoms with van der Waals surface area (Å²) in [5, 5.41) is 20.9. The fraction of sp³-hybridized carbons (Fsp3) is 0.250. The van der Waals surface area contributed by atoms with E-state index in [1.165, 1.54) is 24.3 Å². The van der Waals surface area contributed by atoms with Crippen LogP contribution in [0.3, 0.4) is 0 Å². The Morgan fingerprint density at radius 1 is 1.16 bits per heavy atom. The minimum atomic E-state index is -4.59. The highest BCUT2D eigenvalue weighted by molar-refractivity contribution is 7.89. The number of guanidine groups is 1. The summed E-state index contributed by atoms with van der Waals surface area (Å²) >= 11 is 0. The van der Waals surface area contributed by atoms with Crippen molar-refractivity contribution in [2.75, 3.05) is 6.54 Å². The maximum absolute atomic E-state index is 12.7. The van der Waals surface area contributed by atoms with Crippen molar-refractivity contribution in [3.63, 3.8) is 0 Å². The van der Waals surface area contributed by atoms with Gasteiger partial charge in [-0.2, -0.15) is 13.7 Å². The van der Waals surface area contributed by atoms with E-state index in [4.69, 9.17) is 21.5 Å². The number of nitrogens with two attached hydrogens (primary N) is 2. The first kappa shape index (κ1) is 24.6. The number of nitrogens with zero attached hydrogens (tertiary/aromatic N) is 3. The highest BCUT2D eigenvalue weighted by atomic mass is 32.2. The summed E-state index contributed by atoms with van der Waals surface area (Å²) in [4.78, 5) is 16.2. The van der Waals surface area contributed by atoms with Gasteiger partial charge < -0.3 is 16.2 Å². The highest BCUT2D eigenvalue weighted by Gasteiger charge is 2.33. The lowest BCUT2D eigenvalue weighted by Gasteiger charge is -2.20. The first-order chi connectivity index (χ1) is 15.3. The zero-order valence-corrected chi connectivity index (χ0v) is 17.9. The van der Waals surface area contributed by atoms with Crippen LogP contribution < -0.4 is 21.5 Å². The third-order valence-corrected chi connectivity index (χ3v) is 5.72. The van der Waals surface area contributed by atoms with Gasteiger partial charge >= 0.3 is 0 Å². The molecule has 0 saturated carbocycles. The molecule has 32 heavy (non-hydrogen) atoms. The number of carbonyl (C=O) groups excluding carboxylic acids is 1. The number of carbonyl (C=O) groups is 1. The molecule has 0 aliphatic heterocycles. The van der Waals surface area contributed by atoms with Crippen LogP contribution in [0, 0.1) is 11.5 Å². The van der Waals surface area contributed by atoms with Crippen molar-refractivity contribution in [3.8, 4) is 17.7 Å². The van der Waals surface area contributed by atoms with E-state index in [-0.39, 0.29) is 21.7 Å². The Morgan fingerprint density at radius 3 is 2.38 bits per heavy atom. The number of sulfonamides is 1. The van der Waals surface area contributed by atoms with Gasteiger partial charge in [-0.15, -0.1) is 4.47 Å². The third kappa shape index (κ3) is 6.67. The normalized spacial score (nSPS) is 12.5. The lowest BCUT2D eigenvalue weighted by molar-refractivity contribution is -0.147. The lowest BCUT2D eigenvalue weighted by atomic mass is 10.1. The number of unbranched alkanes of at least 4 members (excludes halogenated alkanes) is 1. The topological polar surface area (TPSA) is 184 Å². The maximum atomic E-state index is 12.7. The molecular weight excluding hydrogens is 436 g/mol. The first-order valence-corrected chi connectivity index (χ1v) is 11.0. The minimum Gasteiger partial charge on any atom is -0.457 e. The lowest BCUT2D eigenvalue weighted by Crippen LogP contribution is -2.42. The number of aliphatic imine (C=N–C) groups is 1. The molecule has 0 saturated heterocycles. The van der Waals surface area contributed by atoms with Gasteiger partial charge in [0.15, 0.2) is 6.19 Å². The maximum Gasteiger partial charge on any atom is 0.289 e. The Balaban J connectivity index is 2.20. The van der Waals surface area contributed by atoms with Crippen molar-refractivity contribution in [1.82, 2.24) is 9.79 Å². The van der Waals surface area contributed by atoms with Gasteiger partial charge in [0.05, 0.1) is 4.90 Å². The summed E-state index contributed by atoms with van der Waals surface area (Å²) in [6.45, 7) is 0.356. The van der Waals surface area contributed by atoms with Crippen LogP contribution >= 0.6 is 0 Å². The van der Waals surface area contributed by atoms with Gasteiger partial charge in [0.25, 0.3) is 15.9 Å². The molecule has 0 aromatic heterocycles. The molecule has 0 radical (unpaired) electrons. The van der Waals surface area contributed by atoms with Crippen molar-refractivity contribution in [2.45, 2.75) is 30.2 Å². The van der Waals surface area contributed by atoms with Crippen LogP contribution in [0.15, 0.2) is 64.5 Å². The molecule has 11 nitrogen and oxygen atoms in total. The van der Waals surface area contributed by atoms with Crippen molar-refractivity contribution >= 4 is 21.9 Å². The Morgan fingerprint density at radius 2 is 1.78 bits per heavy atom. The van der Waals surface area contributed by atoms with Crippen LogP contribution in [0.2, 0.25) is 0 Å². The summed E-state index contributed by atoms with van der Waals surface area (Å²) in [7, 11) is -4.59. The van der Waals surface area contributed by atoms with Gasteiger partial charge in [0.1, 0.15) is 17.5 Å². The molecule has 0 unspecified atom stereocenters. The van der Waals surface area contributed by atoms with Crippen LogP contribution in [0.4, 0.5) is 0 Å². The molecule has 2 rings (SSSR count). The van der Waals surface area contributed by atoms with E-state index >= 15 is 0 Å². The molecule has 12 heteroatoms. The molecule has 6 N–H and O–H groups in total. The Bertz CT molecular complexity index is 1070. The summed E-state index contributed by atoms with van der Waals surface area (Å²) in [6, 6.07) is 12.7. The number of amides is 1. The van der Waals surface area contributed by atoms with Crippen LogP contribution in [0.1, 0.15) is 19.3 Å². The van der Waals surface area contributed by atoms with E-state index in [2.05, 4.69) is 4.99 Å². The number of nitriles is 1. The van der Waals surface area contributed by atoms with Gasteiger partial charge in [-0.25, -0.2) is 4.99 Å². The predicted molar refractivity (Wildman–Crippen MR) is 116 cm³/mol. The summed E-state index contributed by atoms with van der Waals surface area (Å²) < 4.78 is 30.7. The molecule has 0 fully saturated rings. The Labute approximate surface area is 185 Å². The van der Waals surface area contributed by atoms with Crippen molar-refractivity contribution in [3.05, 3.63) is 54.6 Å². The predicted octanol–water partition coefficient (Wildman–Crippen LogP) is 1.27. The SMILES string of the molecule is N#CNC(N)=N[C@H](CCCCN)C(=O)N(O)S(=O)(=O)c1ccc(Oc2ccccc2)cc1. The highest BCUT2D eigenvalue weighted by Crippen LogP contribution is 2.24. The van der Waals surface area contributed by atoms with Gasteiger partial charge in [0.2, 0.25) is 5.96 Å². The molecule has 1 atom stereocenters. The zero-order valence-electron chi connectivity index (χ0n) is 17.1. The van der Waals surface area contributed by atoms with Crippen LogP contribution in [0.25, 0.3) is 0 Å². The molecule has 0 spiro atoms. The van der Waals surface area contributed by atoms with E-state index < -0.39 is 22.0 Å². The molecule has 0 bridgehead atoms. The summed E-state index contributed by atoms with van der Waals surface area (Å²) in [6.07, 6.45) is 2.59. The minimum absolute atomic E-state index is 0.0697. The van der Waals surface area contributed by atoms with Crippen LogP contribution in [-0.4, -0.2) is 42.5 Å². The molecule has 0 aliphatic carbocycles. The number of ether oxygens (including phenoxy) is 1. The molecule has 170 valence electrons. The average molecular weight is 461 g/mol.